The first-order valence-electron chi connectivity index (χ1n) is 10.5. The Kier molecular flexibility index (Phi) is 7.58. The predicted molar refractivity (Wildman–Crippen MR) is 130 cm³/mol. The lowest BCUT2D eigenvalue weighted by Crippen LogP contribution is -2.26. The van der Waals surface area contributed by atoms with Crippen LogP contribution in [0.25, 0.3) is 0 Å². The third kappa shape index (κ3) is 5.50. The van der Waals surface area contributed by atoms with Crippen molar-refractivity contribution in [3.63, 3.8) is 0 Å². The highest BCUT2D eigenvalue weighted by molar-refractivity contribution is 7.91. The van der Waals surface area contributed by atoms with Crippen LogP contribution < -0.4 is 5.56 Å². The van der Waals surface area contributed by atoms with E-state index in [0.717, 1.165) is 17.2 Å². The number of rotatable bonds is 8. The summed E-state index contributed by atoms with van der Waals surface area (Å²) in [6.07, 6.45) is 0. The molecule has 0 saturated heterocycles. The van der Waals surface area contributed by atoms with E-state index in [4.69, 9.17) is 0 Å². The van der Waals surface area contributed by atoms with Crippen molar-refractivity contribution >= 4 is 31.3 Å². The van der Waals surface area contributed by atoms with Crippen molar-refractivity contribution in [1.82, 2.24) is 4.57 Å². The molecule has 0 aliphatic carbocycles. The van der Waals surface area contributed by atoms with Crippen molar-refractivity contribution in [3.8, 4) is 5.88 Å². The van der Waals surface area contributed by atoms with Gasteiger partial charge in [0.25, 0.3) is 15.7 Å². The molecule has 0 aliphatic heterocycles. The molecule has 186 valence electrons. The minimum atomic E-state index is -4.01. The summed E-state index contributed by atoms with van der Waals surface area (Å²) in [7, 11) is -6.73. The molecule has 0 bridgehead atoms. The second-order valence-electron chi connectivity index (χ2n) is 7.70. The fraction of sp³-hybridized carbons (Fsp3) is 0.261. The van der Waals surface area contributed by atoms with E-state index in [0.29, 0.717) is 0 Å². The topological polar surface area (TPSA) is 144 Å². The molecular formula is C23H25N3O7S2. The molecule has 0 spiro atoms. The fourth-order valence-electron chi connectivity index (χ4n) is 3.33. The summed E-state index contributed by atoms with van der Waals surface area (Å²) >= 11 is 0. The zero-order valence-electron chi connectivity index (χ0n) is 19.6. The maximum absolute atomic E-state index is 12.8. The molecule has 12 heteroatoms. The number of pyridine rings is 1. The number of nitrogens with zero attached hydrogens (tertiary/aromatic N) is 3. The molecule has 0 fully saturated rings. The molecule has 35 heavy (non-hydrogen) atoms. The summed E-state index contributed by atoms with van der Waals surface area (Å²) in [6, 6.07) is 12.2. The van der Waals surface area contributed by atoms with Gasteiger partial charge in [-0.2, -0.15) is 13.5 Å². The normalized spacial score (nSPS) is 12.3. The largest absolute Gasteiger partial charge is 0.493 e. The number of aromatic hydroxyl groups is 1. The second kappa shape index (κ2) is 10.1. The van der Waals surface area contributed by atoms with E-state index in [9.17, 15) is 26.7 Å². The van der Waals surface area contributed by atoms with E-state index in [1.807, 2.05) is 6.92 Å². The van der Waals surface area contributed by atoms with Gasteiger partial charge in [-0.3, -0.25) is 13.5 Å². The molecule has 10 nitrogen and oxygen atoms in total. The Bertz CT molecular complexity index is 1540. The molecule has 0 aliphatic rings. The highest BCUT2D eigenvalue weighted by Gasteiger charge is 2.23. The number of sulfone groups is 1. The summed E-state index contributed by atoms with van der Waals surface area (Å²) in [4.78, 5) is 12.9. The minimum Gasteiger partial charge on any atom is -0.493 e. The predicted octanol–water partition coefficient (Wildman–Crippen LogP) is 3.92. The number of aryl methyl sites for hydroxylation is 1. The third-order valence-electron chi connectivity index (χ3n) is 5.41. The molecule has 2 aromatic carbocycles. The van der Waals surface area contributed by atoms with Crippen LogP contribution in [0, 0.1) is 13.8 Å². The van der Waals surface area contributed by atoms with Crippen molar-refractivity contribution in [3.05, 3.63) is 75.6 Å². The average Bonchev–Trinajstić information content (AvgIpc) is 2.82. The van der Waals surface area contributed by atoms with Crippen molar-refractivity contribution in [2.45, 2.75) is 42.9 Å². The first kappa shape index (κ1) is 26.3. The zero-order chi connectivity index (χ0) is 26.0. The Morgan fingerprint density at radius 1 is 0.914 bits per heavy atom. The first-order valence-corrected chi connectivity index (χ1v) is 13.5. The van der Waals surface area contributed by atoms with Gasteiger partial charge in [0.05, 0.1) is 22.6 Å². The molecule has 1 N–H and O–H groups in total. The summed E-state index contributed by atoms with van der Waals surface area (Å²) in [5.74, 6) is -1.15. The lowest BCUT2D eigenvalue weighted by Gasteiger charge is -2.14. The minimum absolute atomic E-state index is 0.0685. The maximum atomic E-state index is 12.8. The molecule has 1 aromatic heterocycles. The highest BCUT2D eigenvalue weighted by atomic mass is 32.2. The number of hydrogen-bond acceptors (Lipinski definition) is 9. The summed E-state index contributed by atoms with van der Waals surface area (Å²) in [5, 5.41) is 18.6. The standard InChI is InChI=1S/C23H25N3O7S2/c1-5-26-22(27)20(14-34(29,30)33-4)16(3)21(23(26)28)25-24-17-8-12-19(13-9-17)35(31,32)18-10-6-15(2)7-11-18/h6-13,28H,5,14H2,1-4H3/b25-24+. The lowest BCUT2D eigenvalue weighted by atomic mass is 10.1. The average molecular weight is 520 g/mol. The van der Waals surface area contributed by atoms with Crippen LogP contribution >= 0.6 is 0 Å². The van der Waals surface area contributed by atoms with Gasteiger partial charge in [0, 0.05) is 12.1 Å². The van der Waals surface area contributed by atoms with E-state index in [1.54, 1.807) is 19.1 Å². The van der Waals surface area contributed by atoms with Gasteiger partial charge in [-0.05, 0) is 62.7 Å². The summed E-state index contributed by atoms with van der Waals surface area (Å²) < 4.78 is 55.0. The van der Waals surface area contributed by atoms with Gasteiger partial charge in [0.1, 0.15) is 11.4 Å². The molecule has 0 radical (unpaired) electrons. The van der Waals surface area contributed by atoms with Crippen molar-refractivity contribution in [2.24, 2.45) is 10.2 Å². The molecule has 3 aromatic rings. The van der Waals surface area contributed by atoms with Gasteiger partial charge in [0.15, 0.2) is 0 Å². The van der Waals surface area contributed by atoms with Crippen LogP contribution in [0.2, 0.25) is 0 Å². The quantitative estimate of drug-likeness (QED) is 0.351. The summed E-state index contributed by atoms with van der Waals surface area (Å²) in [5.41, 5.74) is 0.514. The smallest absolute Gasteiger partial charge is 0.271 e. The Morgan fingerprint density at radius 3 is 1.97 bits per heavy atom. The number of benzene rings is 2. The maximum Gasteiger partial charge on any atom is 0.271 e. The van der Waals surface area contributed by atoms with E-state index < -0.39 is 37.1 Å². The number of azo groups is 1. The van der Waals surface area contributed by atoms with Gasteiger partial charge in [-0.1, -0.05) is 17.7 Å². The van der Waals surface area contributed by atoms with E-state index >= 15 is 0 Å². The van der Waals surface area contributed by atoms with E-state index in [1.165, 1.54) is 43.3 Å². The molecular weight excluding hydrogens is 494 g/mol. The SMILES string of the molecule is CCn1c(O)c(/N=N/c2ccc(S(=O)(=O)c3ccc(C)cc3)cc2)c(C)c(CS(=O)(=O)OC)c1=O. The van der Waals surface area contributed by atoms with Crippen molar-refractivity contribution in [1.29, 1.82) is 0 Å². The van der Waals surface area contributed by atoms with Crippen molar-refractivity contribution < 1.29 is 26.1 Å². The first-order chi connectivity index (χ1) is 16.4. The zero-order valence-corrected chi connectivity index (χ0v) is 21.2. The number of hydrogen-bond donors (Lipinski definition) is 1. The van der Waals surface area contributed by atoms with Gasteiger partial charge in [-0.15, -0.1) is 5.11 Å². The summed E-state index contributed by atoms with van der Waals surface area (Å²) in [6.45, 7) is 4.99. The van der Waals surface area contributed by atoms with Crippen LogP contribution in [-0.2, 0) is 36.4 Å². The Hall–Kier alpha value is -3.35. The van der Waals surface area contributed by atoms with Crippen LogP contribution in [-0.4, -0.2) is 33.6 Å². The number of aromatic nitrogens is 1. The molecule has 1 heterocycles. The van der Waals surface area contributed by atoms with Crippen LogP contribution in [0.3, 0.4) is 0 Å². The third-order valence-corrected chi connectivity index (χ3v) is 8.35. The van der Waals surface area contributed by atoms with Crippen LogP contribution in [0.4, 0.5) is 11.4 Å². The molecule has 0 atom stereocenters. The van der Waals surface area contributed by atoms with Crippen molar-refractivity contribution in [2.75, 3.05) is 7.11 Å². The Labute approximate surface area is 203 Å². The van der Waals surface area contributed by atoms with E-state index in [2.05, 4.69) is 14.4 Å². The Balaban J connectivity index is 1.99. The lowest BCUT2D eigenvalue weighted by molar-refractivity contribution is 0.395. The fourth-order valence-corrected chi connectivity index (χ4v) is 5.40. The van der Waals surface area contributed by atoms with E-state index in [-0.39, 0.29) is 38.8 Å². The van der Waals surface area contributed by atoms with Gasteiger partial charge >= 0.3 is 0 Å². The van der Waals surface area contributed by atoms with Crippen LogP contribution in [0.5, 0.6) is 5.88 Å². The Morgan fingerprint density at radius 2 is 1.46 bits per heavy atom. The van der Waals surface area contributed by atoms with Gasteiger partial charge in [0.2, 0.25) is 15.7 Å². The molecule has 3 rings (SSSR count). The molecule has 0 saturated carbocycles. The van der Waals surface area contributed by atoms with Crippen LogP contribution in [0.15, 0.2) is 73.3 Å². The monoisotopic (exact) mass is 519 g/mol. The highest BCUT2D eigenvalue weighted by Crippen LogP contribution is 2.33. The van der Waals surface area contributed by atoms with Gasteiger partial charge in [-0.25, -0.2) is 8.42 Å². The molecule has 0 unspecified atom stereocenters. The molecule has 0 amide bonds. The second-order valence-corrected chi connectivity index (χ2v) is 11.4. The van der Waals surface area contributed by atoms with Gasteiger partial charge < -0.3 is 5.11 Å². The van der Waals surface area contributed by atoms with Crippen LogP contribution in [0.1, 0.15) is 23.6 Å².